The molecule has 1 N–H and O–H groups in total. The highest BCUT2D eigenvalue weighted by Gasteiger charge is 2.15. The zero-order valence-electron chi connectivity index (χ0n) is 12.0. The molecule has 1 aromatic heterocycles. The normalized spacial score (nSPS) is 11.4. The van der Waals surface area contributed by atoms with Crippen molar-refractivity contribution in [3.05, 3.63) is 36.2 Å². The quantitative estimate of drug-likeness (QED) is 0.824. The van der Waals surface area contributed by atoms with Gasteiger partial charge in [0.05, 0.1) is 12.2 Å². The van der Waals surface area contributed by atoms with Crippen LogP contribution in [0.15, 0.2) is 30.3 Å². The smallest absolute Gasteiger partial charge is 0.170 e. The number of rotatable bonds is 7. The van der Waals surface area contributed by atoms with E-state index in [1.165, 1.54) is 0 Å². The van der Waals surface area contributed by atoms with Crippen molar-refractivity contribution in [2.45, 2.75) is 32.9 Å². The van der Waals surface area contributed by atoms with Crippen LogP contribution in [0.3, 0.4) is 0 Å². The molecular formula is C14H21N5O. The molecule has 6 heteroatoms. The van der Waals surface area contributed by atoms with E-state index in [0.717, 1.165) is 24.5 Å². The molecule has 2 aromatic rings. The Kier molecular flexibility index (Phi) is 5.20. The lowest BCUT2D eigenvalue weighted by molar-refractivity contribution is 0.180. The van der Waals surface area contributed by atoms with Crippen molar-refractivity contribution in [2.75, 3.05) is 13.2 Å². The lowest BCUT2D eigenvalue weighted by Gasteiger charge is -2.25. The molecule has 0 aliphatic rings. The minimum atomic E-state index is 0.201. The van der Waals surface area contributed by atoms with Crippen LogP contribution in [-0.4, -0.2) is 49.4 Å². The Labute approximate surface area is 119 Å². The molecule has 2 rings (SSSR count). The molecule has 0 aliphatic heterocycles. The third kappa shape index (κ3) is 3.61. The zero-order valence-corrected chi connectivity index (χ0v) is 12.0. The number of benzene rings is 1. The SMILES string of the molecule is CC(C)N(CCCO)Cc1nnnn1-c1ccccc1. The van der Waals surface area contributed by atoms with Crippen molar-refractivity contribution in [1.82, 2.24) is 25.1 Å². The lowest BCUT2D eigenvalue weighted by Crippen LogP contribution is -2.33. The maximum absolute atomic E-state index is 8.98. The summed E-state index contributed by atoms with van der Waals surface area (Å²) in [7, 11) is 0. The minimum Gasteiger partial charge on any atom is -0.396 e. The number of hydrogen-bond donors (Lipinski definition) is 1. The number of aliphatic hydroxyl groups is 1. The van der Waals surface area contributed by atoms with Crippen molar-refractivity contribution in [3.8, 4) is 5.69 Å². The maximum Gasteiger partial charge on any atom is 0.170 e. The summed E-state index contributed by atoms with van der Waals surface area (Å²) in [6, 6.07) is 10.2. The van der Waals surface area contributed by atoms with Crippen molar-refractivity contribution in [1.29, 1.82) is 0 Å². The van der Waals surface area contributed by atoms with Gasteiger partial charge in [0.1, 0.15) is 0 Å². The monoisotopic (exact) mass is 275 g/mol. The number of hydrogen-bond acceptors (Lipinski definition) is 5. The van der Waals surface area contributed by atoms with Crippen molar-refractivity contribution < 1.29 is 5.11 Å². The standard InChI is InChI=1S/C14H21N5O/c1-12(2)18(9-6-10-20)11-14-15-16-17-19(14)13-7-4-3-5-8-13/h3-5,7-8,12,20H,6,9-11H2,1-2H3. The largest absolute Gasteiger partial charge is 0.396 e. The number of nitrogens with zero attached hydrogens (tertiary/aromatic N) is 5. The molecule has 0 radical (unpaired) electrons. The molecule has 0 saturated heterocycles. The first-order valence-electron chi connectivity index (χ1n) is 6.90. The molecule has 0 spiro atoms. The van der Waals surface area contributed by atoms with Crippen molar-refractivity contribution in [2.24, 2.45) is 0 Å². The molecule has 20 heavy (non-hydrogen) atoms. The van der Waals surface area contributed by atoms with Crippen LogP contribution in [0.1, 0.15) is 26.1 Å². The minimum absolute atomic E-state index is 0.201. The molecule has 0 fully saturated rings. The van der Waals surface area contributed by atoms with Gasteiger partial charge in [0.25, 0.3) is 0 Å². The van der Waals surface area contributed by atoms with E-state index in [1.54, 1.807) is 4.68 Å². The highest BCUT2D eigenvalue weighted by Crippen LogP contribution is 2.11. The van der Waals surface area contributed by atoms with Crippen LogP contribution in [0.4, 0.5) is 0 Å². The number of para-hydroxylation sites is 1. The van der Waals surface area contributed by atoms with Gasteiger partial charge in [-0.25, -0.2) is 0 Å². The Balaban J connectivity index is 2.15. The fourth-order valence-corrected chi connectivity index (χ4v) is 2.05. The third-order valence-corrected chi connectivity index (χ3v) is 3.21. The van der Waals surface area contributed by atoms with E-state index in [2.05, 4.69) is 34.3 Å². The summed E-state index contributed by atoms with van der Waals surface area (Å²) in [5.41, 5.74) is 0.957. The predicted molar refractivity (Wildman–Crippen MR) is 76.4 cm³/mol. The molecule has 108 valence electrons. The van der Waals surface area contributed by atoms with Crippen molar-refractivity contribution >= 4 is 0 Å². The van der Waals surface area contributed by atoms with Crippen LogP contribution < -0.4 is 0 Å². The van der Waals surface area contributed by atoms with Crippen LogP contribution in [0.2, 0.25) is 0 Å². The summed E-state index contributed by atoms with van der Waals surface area (Å²) < 4.78 is 1.76. The lowest BCUT2D eigenvalue weighted by atomic mass is 10.2. The van der Waals surface area contributed by atoms with Gasteiger partial charge in [0, 0.05) is 19.2 Å². The van der Waals surface area contributed by atoms with Crippen LogP contribution in [-0.2, 0) is 6.54 Å². The topological polar surface area (TPSA) is 67.1 Å². The second kappa shape index (κ2) is 7.12. The van der Waals surface area contributed by atoms with Crippen LogP contribution >= 0.6 is 0 Å². The highest BCUT2D eigenvalue weighted by atomic mass is 16.3. The second-order valence-corrected chi connectivity index (χ2v) is 4.98. The van der Waals surface area contributed by atoms with Gasteiger partial charge in [-0.1, -0.05) is 18.2 Å². The zero-order chi connectivity index (χ0) is 14.4. The molecule has 0 atom stereocenters. The number of aliphatic hydroxyl groups excluding tert-OH is 1. The van der Waals surface area contributed by atoms with Gasteiger partial charge in [-0.3, -0.25) is 4.90 Å². The average Bonchev–Trinajstić information content (AvgIpc) is 2.92. The van der Waals surface area contributed by atoms with Gasteiger partial charge in [-0.05, 0) is 42.8 Å². The van der Waals surface area contributed by atoms with Crippen LogP contribution in [0.5, 0.6) is 0 Å². The summed E-state index contributed by atoms with van der Waals surface area (Å²) in [5.74, 6) is 0.808. The molecule has 6 nitrogen and oxygen atoms in total. The molecule has 0 bridgehead atoms. The first-order chi connectivity index (χ1) is 9.72. The van der Waals surface area contributed by atoms with Crippen LogP contribution in [0.25, 0.3) is 5.69 Å². The van der Waals surface area contributed by atoms with E-state index in [0.29, 0.717) is 12.6 Å². The van der Waals surface area contributed by atoms with E-state index in [9.17, 15) is 0 Å². The predicted octanol–water partition coefficient (Wildman–Crippen LogP) is 1.26. The Morgan fingerprint density at radius 2 is 2.00 bits per heavy atom. The van der Waals surface area contributed by atoms with Gasteiger partial charge in [0.15, 0.2) is 5.82 Å². The van der Waals surface area contributed by atoms with E-state index < -0.39 is 0 Å². The molecular weight excluding hydrogens is 254 g/mol. The summed E-state index contributed by atoms with van der Waals surface area (Å²) >= 11 is 0. The first kappa shape index (κ1) is 14.6. The molecule has 1 heterocycles. The molecule has 0 amide bonds. The van der Waals surface area contributed by atoms with Gasteiger partial charge in [0.2, 0.25) is 0 Å². The van der Waals surface area contributed by atoms with Gasteiger partial charge in [-0.2, -0.15) is 4.68 Å². The Bertz CT molecular complexity index is 511. The van der Waals surface area contributed by atoms with Gasteiger partial charge in [-0.15, -0.1) is 5.10 Å². The fraction of sp³-hybridized carbons (Fsp3) is 0.500. The van der Waals surface area contributed by atoms with Gasteiger partial charge >= 0.3 is 0 Å². The van der Waals surface area contributed by atoms with E-state index in [4.69, 9.17) is 5.11 Å². The third-order valence-electron chi connectivity index (χ3n) is 3.21. The van der Waals surface area contributed by atoms with Crippen LogP contribution in [0, 0.1) is 0 Å². The summed E-state index contributed by atoms with van der Waals surface area (Å²) in [4.78, 5) is 2.25. The Hall–Kier alpha value is -1.79. The van der Waals surface area contributed by atoms with Gasteiger partial charge < -0.3 is 5.11 Å². The molecule has 1 aromatic carbocycles. The Morgan fingerprint density at radius 3 is 2.65 bits per heavy atom. The molecule has 0 saturated carbocycles. The summed E-state index contributed by atoms with van der Waals surface area (Å²) in [5, 5.41) is 20.9. The fourth-order valence-electron chi connectivity index (χ4n) is 2.05. The maximum atomic E-state index is 8.98. The van der Waals surface area contributed by atoms with E-state index in [-0.39, 0.29) is 6.61 Å². The van der Waals surface area contributed by atoms with E-state index >= 15 is 0 Å². The summed E-state index contributed by atoms with van der Waals surface area (Å²) in [6.07, 6.45) is 0.755. The Morgan fingerprint density at radius 1 is 1.25 bits per heavy atom. The first-order valence-corrected chi connectivity index (χ1v) is 6.90. The average molecular weight is 275 g/mol. The molecule has 0 aliphatic carbocycles. The second-order valence-electron chi connectivity index (χ2n) is 4.98. The number of aromatic nitrogens is 4. The van der Waals surface area contributed by atoms with Crippen molar-refractivity contribution in [3.63, 3.8) is 0 Å². The van der Waals surface area contributed by atoms with E-state index in [1.807, 2.05) is 30.3 Å². The highest BCUT2D eigenvalue weighted by molar-refractivity contribution is 5.30. The molecule has 0 unspecified atom stereocenters. The number of tetrazole rings is 1. The summed E-state index contributed by atoms with van der Waals surface area (Å²) in [6.45, 7) is 5.96.